The van der Waals surface area contributed by atoms with Gasteiger partial charge in [-0.2, -0.15) is 0 Å². The maximum Gasteiger partial charge on any atom is 0.250 e. The molecular formula is C13H16N4O2. The number of nitrogens with one attached hydrogen (secondary N) is 1. The van der Waals surface area contributed by atoms with Crippen LogP contribution in [0.3, 0.4) is 0 Å². The fourth-order valence-electron chi connectivity index (χ4n) is 1.63. The minimum absolute atomic E-state index is 0.0364. The lowest BCUT2D eigenvalue weighted by Gasteiger charge is -2.09. The van der Waals surface area contributed by atoms with Crippen molar-refractivity contribution in [3.05, 3.63) is 53.0 Å². The van der Waals surface area contributed by atoms with Crippen LogP contribution >= 0.6 is 0 Å². The number of hydrogen-bond acceptors (Lipinski definition) is 5. The zero-order chi connectivity index (χ0) is 13.5. The number of rotatable bonds is 6. The SMILES string of the molecule is COCCn1cc(NCc2cncnc2)ccc1=O. The molecule has 0 radical (unpaired) electrons. The van der Waals surface area contributed by atoms with Crippen molar-refractivity contribution in [2.75, 3.05) is 19.0 Å². The maximum absolute atomic E-state index is 11.6. The number of anilines is 1. The number of ether oxygens (including phenoxy) is 1. The normalized spacial score (nSPS) is 10.4. The van der Waals surface area contributed by atoms with E-state index in [2.05, 4.69) is 15.3 Å². The van der Waals surface area contributed by atoms with Crippen LogP contribution in [0.15, 0.2) is 41.8 Å². The minimum atomic E-state index is -0.0364. The number of nitrogens with zero attached hydrogens (tertiary/aromatic N) is 3. The fourth-order valence-corrected chi connectivity index (χ4v) is 1.63. The first-order valence-electron chi connectivity index (χ1n) is 5.97. The largest absolute Gasteiger partial charge is 0.383 e. The van der Waals surface area contributed by atoms with Gasteiger partial charge in [-0.25, -0.2) is 9.97 Å². The van der Waals surface area contributed by atoms with Crippen LogP contribution in [0, 0.1) is 0 Å². The molecule has 0 spiro atoms. The predicted molar refractivity (Wildman–Crippen MR) is 71.9 cm³/mol. The van der Waals surface area contributed by atoms with Crippen LogP contribution in [0.1, 0.15) is 5.56 Å². The molecule has 1 N–H and O–H groups in total. The molecule has 0 aliphatic carbocycles. The van der Waals surface area contributed by atoms with Crippen LogP contribution in [-0.4, -0.2) is 28.3 Å². The van der Waals surface area contributed by atoms with Gasteiger partial charge in [0.05, 0.1) is 12.3 Å². The molecule has 0 fully saturated rings. The van der Waals surface area contributed by atoms with Crippen molar-refractivity contribution in [2.45, 2.75) is 13.1 Å². The van der Waals surface area contributed by atoms with Gasteiger partial charge in [-0.05, 0) is 6.07 Å². The molecule has 2 aromatic heterocycles. The van der Waals surface area contributed by atoms with Gasteiger partial charge in [-0.15, -0.1) is 0 Å². The molecular weight excluding hydrogens is 244 g/mol. The van der Waals surface area contributed by atoms with Gasteiger partial charge < -0.3 is 14.6 Å². The highest BCUT2D eigenvalue weighted by Crippen LogP contribution is 2.05. The summed E-state index contributed by atoms with van der Waals surface area (Å²) in [6.07, 6.45) is 6.78. The standard InChI is InChI=1S/C13H16N4O2/c1-19-5-4-17-9-12(2-3-13(17)18)16-8-11-6-14-10-15-7-11/h2-3,6-7,9-10,16H,4-5,8H2,1H3. The second-order valence-corrected chi connectivity index (χ2v) is 4.04. The van der Waals surface area contributed by atoms with E-state index in [-0.39, 0.29) is 5.56 Å². The Kier molecular flexibility index (Phi) is 4.63. The number of methoxy groups -OCH3 is 1. The number of aromatic nitrogens is 3. The first-order chi connectivity index (χ1) is 9.29. The predicted octanol–water partition coefficient (Wildman–Crippen LogP) is 0.897. The zero-order valence-corrected chi connectivity index (χ0v) is 10.7. The Morgan fingerprint density at radius 2 is 2.11 bits per heavy atom. The summed E-state index contributed by atoms with van der Waals surface area (Å²) < 4.78 is 6.59. The van der Waals surface area contributed by atoms with Crippen LogP contribution in [0.4, 0.5) is 5.69 Å². The monoisotopic (exact) mass is 260 g/mol. The lowest BCUT2D eigenvalue weighted by molar-refractivity contribution is 0.186. The van der Waals surface area contributed by atoms with E-state index in [0.717, 1.165) is 11.3 Å². The molecule has 0 atom stereocenters. The van der Waals surface area contributed by atoms with E-state index in [4.69, 9.17) is 4.74 Å². The molecule has 6 nitrogen and oxygen atoms in total. The molecule has 0 saturated heterocycles. The molecule has 0 aliphatic rings. The summed E-state index contributed by atoms with van der Waals surface area (Å²) in [7, 11) is 1.61. The average molecular weight is 260 g/mol. The van der Waals surface area contributed by atoms with Crippen molar-refractivity contribution in [3.63, 3.8) is 0 Å². The van der Waals surface area contributed by atoms with Gasteiger partial charge in [0, 0.05) is 50.4 Å². The highest BCUT2D eigenvalue weighted by Gasteiger charge is 1.99. The van der Waals surface area contributed by atoms with Crippen LogP contribution in [0.5, 0.6) is 0 Å². The first kappa shape index (κ1) is 13.2. The van der Waals surface area contributed by atoms with Crippen LogP contribution in [0.2, 0.25) is 0 Å². The minimum Gasteiger partial charge on any atom is -0.383 e. The Balaban J connectivity index is 2.02. The molecule has 0 saturated carbocycles. The quantitative estimate of drug-likeness (QED) is 0.835. The van der Waals surface area contributed by atoms with E-state index in [0.29, 0.717) is 19.7 Å². The van der Waals surface area contributed by atoms with Crippen molar-refractivity contribution in [3.8, 4) is 0 Å². The third kappa shape index (κ3) is 3.89. The van der Waals surface area contributed by atoms with Gasteiger partial charge in [-0.1, -0.05) is 0 Å². The topological polar surface area (TPSA) is 69.0 Å². The molecule has 2 rings (SSSR count). The molecule has 100 valence electrons. The Hall–Kier alpha value is -2.21. The van der Waals surface area contributed by atoms with Crippen LogP contribution in [0.25, 0.3) is 0 Å². The van der Waals surface area contributed by atoms with Gasteiger partial charge in [0.25, 0.3) is 5.56 Å². The second kappa shape index (κ2) is 6.65. The van der Waals surface area contributed by atoms with Crippen LogP contribution in [-0.2, 0) is 17.8 Å². The summed E-state index contributed by atoms with van der Waals surface area (Å²) in [5, 5.41) is 3.22. The molecule has 6 heteroatoms. The van der Waals surface area contributed by atoms with Crippen LogP contribution < -0.4 is 10.9 Å². The summed E-state index contributed by atoms with van der Waals surface area (Å²) in [6.45, 7) is 1.67. The van der Waals surface area contributed by atoms with E-state index < -0.39 is 0 Å². The van der Waals surface area contributed by atoms with Gasteiger partial charge in [-0.3, -0.25) is 4.79 Å². The Morgan fingerprint density at radius 3 is 2.84 bits per heavy atom. The zero-order valence-electron chi connectivity index (χ0n) is 10.7. The Morgan fingerprint density at radius 1 is 1.32 bits per heavy atom. The summed E-state index contributed by atoms with van der Waals surface area (Å²) in [6, 6.07) is 3.30. The van der Waals surface area contributed by atoms with Crippen molar-refractivity contribution >= 4 is 5.69 Å². The molecule has 0 bridgehead atoms. The molecule has 2 heterocycles. The molecule has 19 heavy (non-hydrogen) atoms. The summed E-state index contributed by atoms with van der Waals surface area (Å²) >= 11 is 0. The molecule has 0 unspecified atom stereocenters. The fraction of sp³-hybridized carbons (Fsp3) is 0.308. The first-order valence-corrected chi connectivity index (χ1v) is 5.97. The highest BCUT2D eigenvalue weighted by atomic mass is 16.5. The van der Waals surface area contributed by atoms with Crippen molar-refractivity contribution in [1.29, 1.82) is 0 Å². The third-order valence-electron chi connectivity index (χ3n) is 2.63. The third-order valence-corrected chi connectivity index (χ3v) is 2.63. The molecule has 0 aliphatic heterocycles. The van der Waals surface area contributed by atoms with E-state index in [9.17, 15) is 4.79 Å². The number of hydrogen-bond donors (Lipinski definition) is 1. The van der Waals surface area contributed by atoms with E-state index in [1.54, 1.807) is 42.4 Å². The van der Waals surface area contributed by atoms with Crippen molar-refractivity contribution in [1.82, 2.24) is 14.5 Å². The average Bonchev–Trinajstić information content (AvgIpc) is 2.46. The molecule has 2 aromatic rings. The molecule has 0 aromatic carbocycles. The Bertz CT molecular complexity index is 568. The van der Waals surface area contributed by atoms with Gasteiger partial charge in [0.2, 0.25) is 0 Å². The van der Waals surface area contributed by atoms with Crippen molar-refractivity contribution in [2.24, 2.45) is 0 Å². The van der Waals surface area contributed by atoms with E-state index in [1.807, 2.05) is 0 Å². The lowest BCUT2D eigenvalue weighted by atomic mass is 10.3. The van der Waals surface area contributed by atoms with Gasteiger partial charge in [0.15, 0.2) is 0 Å². The Labute approximate surface area is 111 Å². The maximum atomic E-state index is 11.6. The summed E-state index contributed by atoms with van der Waals surface area (Å²) in [5.74, 6) is 0. The van der Waals surface area contributed by atoms with Crippen molar-refractivity contribution < 1.29 is 4.74 Å². The smallest absolute Gasteiger partial charge is 0.250 e. The van der Waals surface area contributed by atoms with Gasteiger partial charge >= 0.3 is 0 Å². The highest BCUT2D eigenvalue weighted by molar-refractivity contribution is 5.40. The summed E-state index contributed by atoms with van der Waals surface area (Å²) in [4.78, 5) is 19.5. The van der Waals surface area contributed by atoms with Gasteiger partial charge in [0.1, 0.15) is 6.33 Å². The van der Waals surface area contributed by atoms with E-state index in [1.165, 1.54) is 6.33 Å². The number of pyridine rings is 1. The second-order valence-electron chi connectivity index (χ2n) is 4.04. The lowest BCUT2D eigenvalue weighted by Crippen LogP contribution is -2.21. The summed E-state index contributed by atoms with van der Waals surface area (Å²) in [5.41, 5.74) is 1.82. The molecule has 0 amide bonds. The van der Waals surface area contributed by atoms with E-state index >= 15 is 0 Å².